The topological polar surface area (TPSA) is 112 Å². The number of nitrogens with one attached hydrogen (secondary N) is 2. The fourth-order valence-electron chi connectivity index (χ4n) is 5.08. The summed E-state index contributed by atoms with van der Waals surface area (Å²) in [6.45, 7) is 15.5. The van der Waals surface area contributed by atoms with Crippen LogP contribution in [0.5, 0.6) is 0 Å². The van der Waals surface area contributed by atoms with Gasteiger partial charge in [-0.1, -0.05) is 17.9 Å². The maximum Gasteiger partial charge on any atom is 0.321 e. The molecular weight excluding hydrogens is 524 g/mol. The summed E-state index contributed by atoms with van der Waals surface area (Å²) in [4.78, 5) is 28.7. The Bertz CT molecular complexity index is 1480. The number of nitrogens with zero attached hydrogens (tertiary/aromatic N) is 4. The van der Waals surface area contributed by atoms with Crippen LogP contribution >= 0.6 is 11.3 Å². The first-order valence-electron chi connectivity index (χ1n) is 13.6. The molecule has 0 bridgehead atoms. The fourth-order valence-corrected chi connectivity index (χ4v) is 6.04. The van der Waals surface area contributed by atoms with Crippen LogP contribution in [0.4, 0.5) is 9.93 Å². The lowest BCUT2D eigenvalue weighted by molar-refractivity contribution is -0.0531. The molecule has 210 valence electrons. The summed E-state index contributed by atoms with van der Waals surface area (Å²) in [5.41, 5.74) is 5.19. The molecule has 2 amide bonds. The van der Waals surface area contributed by atoms with E-state index < -0.39 is 11.6 Å². The number of amides is 2. The summed E-state index contributed by atoms with van der Waals surface area (Å²) in [6, 6.07) is 7.55. The van der Waals surface area contributed by atoms with E-state index in [0.717, 1.165) is 64.4 Å². The molecule has 2 aliphatic heterocycles. The fraction of sp³-hybridized carbons (Fsp3) is 0.400. The number of ether oxygens (including phenoxy) is 1. The Hall–Kier alpha value is -3.44. The molecule has 3 N–H and O–H groups in total. The monoisotopic (exact) mass is 560 g/mol. The summed E-state index contributed by atoms with van der Waals surface area (Å²) in [5, 5.41) is 16.6. The van der Waals surface area contributed by atoms with Crippen molar-refractivity contribution in [2.24, 2.45) is 4.99 Å². The Morgan fingerprint density at radius 3 is 2.77 bits per heavy atom. The van der Waals surface area contributed by atoms with E-state index in [9.17, 15) is 9.90 Å². The van der Waals surface area contributed by atoms with Crippen LogP contribution in [0.15, 0.2) is 53.7 Å². The van der Waals surface area contributed by atoms with Gasteiger partial charge in [0, 0.05) is 50.8 Å². The van der Waals surface area contributed by atoms with Gasteiger partial charge in [-0.25, -0.2) is 9.78 Å². The maximum atomic E-state index is 12.2. The number of aromatic nitrogens is 2. The lowest BCUT2D eigenvalue weighted by atomic mass is 9.88. The minimum Gasteiger partial charge on any atom is -0.388 e. The molecule has 2 aromatic heterocycles. The molecule has 0 spiro atoms. The van der Waals surface area contributed by atoms with E-state index >= 15 is 0 Å². The first-order valence-corrected chi connectivity index (χ1v) is 14.4. The van der Waals surface area contributed by atoms with Gasteiger partial charge in [-0.15, -0.1) is 0 Å². The lowest BCUT2D eigenvalue weighted by Crippen LogP contribution is -2.51. The molecule has 0 aliphatic carbocycles. The van der Waals surface area contributed by atoms with Crippen LogP contribution in [0.25, 0.3) is 27.0 Å². The highest BCUT2D eigenvalue weighted by molar-refractivity contribution is 7.22. The van der Waals surface area contributed by atoms with Gasteiger partial charge in [0.15, 0.2) is 5.13 Å². The predicted octanol–water partition coefficient (Wildman–Crippen LogP) is 4.88. The van der Waals surface area contributed by atoms with Crippen molar-refractivity contribution in [2.75, 3.05) is 31.6 Å². The number of benzene rings is 1. The molecule has 40 heavy (non-hydrogen) atoms. The average molecular weight is 561 g/mol. The third-order valence-corrected chi connectivity index (χ3v) is 7.96. The van der Waals surface area contributed by atoms with Crippen LogP contribution in [-0.4, -0.2) is 76.2 Å². The first-order chi connectivity index (χ1) is 19.1. The van der Waals surface area contributed by atoms with Gasteiger partial charge in [0.05, 0.1) is 27.6 Å². The number of carbonyl (C=O) groups excluding carboxylic acids is 1. The van der Waals surface area contributed by atoms with Crippen LogP contribution < -0.4 is 10.6 Å². The smallest absolute Gasteiger partial charge is 0.321 e. The van der Waals surface area contributed by atoms with Crippen LogP contribution in [0.2, 0.25) is 0 Å². The molecule has 0 radical (unpaired) electrons. The average Bonchev–Trinajstić information content (AvgIpc) is 3.28. The Morgan fingerprint density at radius 1 is 1.27 bits per heavy atom. The first kappa shape index (κ1) is 28.1. The summed E-state index contributed by atoms with van der Waals surface area (Å²) in [7, 11) is 0. The van der Waals surface area contributed by atoms with Crippen molar-refractivity contribution in [3.05, 3.63) is 59.8 Å². The van der Waals surface area contributed by atoms with Crippen molar-refractivity contribution in [1.82, 2.24) is 20.2 Å². The van der Waals surface area contributed by atoms with E-state index in [-0.39, 0.29) is 6.03 Å². The number of thiazole rings is 1. The van der Waals surface area contributed by atoms with Crippen molar-refractivity contribution in [1.29, 1.82) is 0 Å². The second kappa shape index (κ2) is 11.6. The summed E-state index contributed by atoms with van der Waals surface area (Å²) in [6.07, 6.45) is 5.90. The van der Waals surface area contributed by atoms with Crippen LogP contribution in [0, 0.1) is 0 Å². The van der Waals surface area contributed by atoms with E-state index in [1.165, 1.54) is 16.9 Å². The normalized spacial score (nSPS) is 18.1. The van der Waals surface area contributed by atoms with Crippen molar-refractivity contribution >= 4 is 44.5 Å². The minimum absolute atomic E-state index is 0.292. The third-order valence-electron chi connectivity index (χ3n) is 6.94. The number of aliphatic imine (C=N–C) groups is 1. The van der Waals surface area contributed by atoms with Gasteiger partial charge in [-0.05, 0) is 80.3 Å². The van der Waals surface area contributed by atoms with Gasteiger partial charge < -0.3 is 15.2 Å². The van der Waals surface area contributed by atoms with Gasteiger partial charge in [-0.3, -0.25) is 20.2 Å². The number of fused-ring (bicyclic) bond motifs is 1. The Morgan fingerprint density at radius 2 is 2.08 bits per heavy atom. The van der Waals surface area contributed by atoms with Gasteiger partial charge in [-0.2, -0.15) is 0 Å². The number of allylic oxidation sites excluding steroid dienone is 1. The number of carbonyl (C=O) groups is 1. The lowest BCUT2D eigenvalue weighted by Gasteiger charge is -2.38. The van der Waals surface area contributed by atoms with Gasteiger partial charge in [0.25, 0.3) is 0 Å². The zero-order chi connectivity index (χ0) is 28.4. The summed E-state index contributed by atoms with van der Waals surface area (Å²) < 4.78 is 6.64. The molecule has 9 nitrogen and oxygen atoms in total. The number of aliphatic hydroxyl groups is 1. The molecule has 3 aromatic rings. The zero-order valence-electron chi connectivity index (χ0n) is 23.4. The molecular formula is C30H36N6O3S. The Labute approximate surface area is 238 Å². The van der Waals surface area contributed by atoms with Gasteiger partial charge >= 0.3 is 6.03 Å². The highest BCUT2D eigenvalue weighted by Crippen LogP contribution is 2.38. The van der Waals surface area contributed by atoms with Crippen molar-refractivity contribution < 1.29 is 14.6 Å². The SMILES string of the molecule is C=C1C=C(c2cc(-c3cc(CN4CC(OCC)C4)ccn3)c3sc(NC(=O)NCC)nc3c2)C=NC1C(C)(C)O. The second-order valence-corrected chi connectivity index (χ2v) is 11.7. The maximum absolute atomic E-state index is 12.2. The van der Waals surface area contributed by atoms with Crippen molar-refractivity contribution in [3.8, 4) is 11.3 Å². The number of hydrogen-bond donors (Lipinski definition) is 3. The number of urea groups is 1. The number of dihydropyridines is 1. The third kappa shape index (κ3) is 6.15. The highest BCUT2D eigenvalue weighted by atomic mass is 32.1. The largest absolute Gasteiger partial charge is 0.388 e. The van der Waals surface area contributed by atoms with E-state index in [2.05, 4.69) is 39.2 Å². The number of pyridine rings is 1. The summed E-state index contributed by atoms with van der Waals surface area (Å²) >= 11 is 1.42. The Balaban J connectivity index is 1.51. The second-order valence-electron chi connectivity index (χ2n) is 10.7. The highest BCUT2D eigenvalue weighted by Gasteiger charge is 2.30. The molecule has 1 saturated heterocycles. The predicted molar refractivity (Wildman–Crippen MR) is 162 cm³/mol. The van der Waals surface area contributed by atoms with Crippen molar-refractivity contribution in [3.63, 3.8) is 0 Å². The van der Waals surface area contributed by atoms with E-state index in [4.69, 9.17) is 14.7 Å². The van der Waals surface area contributed by atoms with Crippen molar-refractivity contribution in [2.45, 2.75) is 52.0 Å². The van der Waals surface area contributed by atoms with Crippen LogP contribution in [-0.2, 0) is 11.3 Å². The Kier molecular flexibility index (Phi) is 8.14. The van der Waals surface area contributed by atoms with E-state index in [0.29, 0.717) is 17.8 Å². The molecule has 4 heterocycles. The molecule has 2 aliphatic rings. The minimum atomic E-state index is -1.01. The number of hydrogen-bond acceptors (Lipinski definition) is 8. The number of rotatable bonds is 9. The van der Waals surface area contributed by atoms with Gasteiger partial charge in [0.1, 0.15) is 6.04 Å². The molecule has 0 saturated carbocycles. The van der Waals surface area contributed by atoms with E-state index in [1.807, 2.05) is 38.3 Å². The molecule has 1 atom stereocenters. The summed E-state index contributed by atoms with van der Waals surface area (Å²) in [5.74, 6) is 0. The standard InChI is InChI=1S/C30H36N6O3S/c1-6-31-28(37)35-29-34-25-13-20(21-10-18(3)27(33-14-21)30(4,5)38)12-23(26(25)40-29)24-11-19(8-9-32-24)15-36-16-22(17-36)39-7-2/h8-14,22,27,38H,3,6-7,15-17H2,1-2,4-5H3,(H2,31,34,35,37). The van der Waals surface area contributed by atoms with Crippen LogP contribution in [0.1, 0.15) is 38.8 Å². The molecule has 5 rings (SSSR count). The van der Waals surface area contributed by atoms with E-state index in [1.54, 1.807) is 20.1 Å². The molecule has 10 heteroatoms. The quantitative estimate of drug-likeness (QED) is 0.344. The molecule has 1 fully saturated rings. The van der Waals surface area contributed by atoms with Gasteiger partial charge in [0.2, 0.25) is 0 Å². The molecule has 1 unspecified atom stereocenters. The number of anilines is 1. The number of likely N-dealkylation sites (tertiary alicyclic amines) is 1. The van der Waals surface area contributed by atoms with Crippen LogP contribution in [0.3, 0.4) is 0 Å². The molecule has 1 aromatic carbocycles. The zero-order valence-corrected chi connectivity index (χ0v) is 24.2.